The first-order chi connectivity index (χ1) is 11.4. The Morgan fingerprint density at radius 1 is 1.38 bits per heavy atom. The third kappa shape index (κ3) is 6.32. The molecule has 2 rings (SSSR count). The molecule has 134 valence electrons. The maximum absolute atomic E-state index is 12.9. The molecule has 1 saturated heterocycles. The van der Waals surface area contributed by atoms with Crippen molar-refractivity contribution in [1.29, 1.82) is 0 Å². The lowest BCUT2D eigenvalue weighted by atomic mass is 10.1. The van der Waals surface area contributed by atoms with E-state index in [0.717, 1.165) is 5.57 Å². The van der Waals surface area contributed by atoms with Crippen molar-refractivity contribution < 1.29 is 22.3 Å². The third-order valence-corrected chi connectivity index (χ3v) is 5.07. The number of rotatable bonds is 7. The Bertz CT molecular complexity index is 654. The van der Waals surface area contributed by atoms with Crippen LogP contribution in [0.15, 0.2) is 35.9 Å². The standard InChI is InChI=1S/C17H24FNO4S/c1-13(2)7-10-23-17-8-9-22-11-16(17)19-24(20,21)12-14-3-5-15(18)6-4-14/h3-7,16-17,19H,8-12H2,1-2H3/t16-,17+/m0/s1. The van der Waals surface area contributed by atoms with Crippen LogP contribution < -0.4 is 4.72 Å². The van der Waals surface area contributed by atoms with Gasteiger partial charge in [-0.3, -0.25) is 0 Å². The molecule has 1 heterocycles. The second-order valence-corrected chi connectivity index (χ2v) is 7.88. The summed E-state index contributed by atoms with van der Waals surface area (Å²) in [7, 11) is -3.57. The summed E-state index contributed by atoms with van der Waals surface area (Å²) in [5, 5.41) is 0. The molecule has 5 nitrogen and oxygen atoms in total. The molecule has 0 saturated carbocycles. The average Bonchev–Trinajstić information content (AvgIpc) is 2.50. The summed E-state index contributed by atoms with van der Waals surface area (Å²) in [5.41, 5.74) is 1.68. The summed E-state index contributed by atoms with van der Waals surface area (Å²) < 4.78 is 51.4. The molecule has 0 spiro atoms. The van der Waals surface area contributed by atoms with Gasteiger partial charge >= 0.3 is 0 Å². The minimum absolute atomic E-state index is 0.204. The number of halogens is 1. The zero-order valence-corrected chi connectivity index (χ0v) is 14.8. The molecule has 24 heavy (non-hydrogen) atoms. The number of nitrogens with one attached hydrogen (secondary N) is 1. The van der Waals surface area contributed by atoms with E-state index in [1.807, 2.05) is 19.9 Å². The predicted octanol–water partition coefficient (Wildman–Crippen LogP) is 2.39. The highest BCUT2D eigenvalue weighted by Crippen LogP contribution is 2.15. The van der Waals surface area contributed by atoms with Gasteiger partial charge in [0.2, 0.25) is 10.0 Å². The van der Waals surface area contributed by atoms with Crippen molar-refractivity contribution in [1.82, 2.24) is 4.72 Å². The maximum atomic E-state index is 12.9. The molecule has 1 aliphatic heterocycles. The molecule has 0 bridgehead atoms. The van der Waals surface area contributed by atoms with Crippen LogP contribution in [0.4, 0.5) is 4.39 Å². The van der Waals surface area contributed by atoms with Gasteiger partial charge in [-0.25, -0.2) is 17.5 Å². The quantitative estimate of drug-likeness (QED) is 0.761. The molecule has 1 aromatic rings. The first-order valence-corrected chi connectivity index (χ1v) is 9.58. The smallest absolute Gasteiger partial charge is 0.216 e. The van der Waals surface area contributed by atoms with Crippen molar-refractivity contribution in [3.63, 3.8) is 0 Å². The van der Waals surface area contributed by atoms with E-state index < -0.39 is 21.9 Å². The topological polar surface area (TPSA) is 64.6 Å². The number of allylic oxidation sites excluding steroid dienone is 1. The monoisotopic (exact) mass is 357 g/mol. The normalized spacial score (nSPS) is 21.5. The van der Waals surface area contributed by atoms with E-state index in [4.69, 9.17) is 9.47 Å². The van der Waals surface area contributed by atoms with Crippen molar-refractivity contribution >= 4 is 10.0 Å². The number of hydrogen-bond donors (Lipinski definition) is 1. The third-order valence-electron chi connectivity index (χ3n) is 3.70. The van der Waals surface area contributed by atoms with Gasteiger partial charge in [-0.2, -0.15) is 0 Å². The van der Waals surface area contributed by atoms with E-state index in [1.165, 1.54) is 24.3 Å². The van der Waals surface area contributed by atoms with Crippen molar-refractivity contribution in [3.8, 4) is 0 Å². The van der Waals surface area contributed by atoms with Crippen LogP contribution >= 0.6 is 0 Å². The Hall–Kier alpha value is -1.28. The first-order valence-electron chi connectivity index (χ1n) is 7.93. The van der Waals surface area contributed by atoms with E-state index in [-0.39, 0.29) is 18.5 Å². The van der Waals surface area contributed by atoms with Crippen LogP contribution in [-0.2, 0) is 25.2 Å². The van der Waals surface area contributed by atoms with E-state index in [1.54, 1.807) is 0 Å². The van der Waals surface area contributed by atoms with Crippen LogP contribution in [0.5, 0.6) is 0 Å². The summed E-state index contributed by atoms with van der Waals surface area (Å²) >= 11 is 0. The highest BCUT2D eigenvalue weighted by Gasteiger charge is 2.30. The molecule has 1 aliphatic rings. The van der Waals surface area contributed by atoms with Crippen LogP contribution in [0, 0.1) is 5.82 Å². The van der Waals surface area contributed by atoms with E-state index in [9.17, 15) is 12.8 Å². The zero-order valence-electron chi connectivity index (χ0n) is 14.0. The summed E-state index contributed by atoms with van der Waals surface area (Å²) in [5.74, 6) is -0.595. The zero-order chi connectivity index (χ0) is 17.6. The number of sulfonamides is 1. The number of benzene rings is 1. The van der Waals surface area contributed by atoms with Crippen LogP contribution in [-0.4, -0.2) is 40.4 Å². The highest BCUT2D eigenvalue weighted by molar-refractivity contribution is 7.88. The largest absolute Gasteiger partial charge is 0.380 e. The fraction of sp³-hybridized carbons (Fsp3) is 0.529. The van der Waals surface area contributed by atoms with E-state index in [2.05, 4.69) is 4.72 Å². The van der Waals surface area contributed by atoms with Crippen LogP contribution in [0.25, 0.3) is 0 Å². The number of ether oxygens (including phenoxy) is 2. The van der Waals surface area contributed by atoms with Gasteiger partial charge < -0.3 is 9.47 Å². The molecule has 0 unspecified atom stereocenters. The van der Waals surface area contributed by atoms with Gasteiger partial charge in [0.05, 0.1) is 31.1 Å². The predicted molar refractivity (Wildman–Crippen MR) is 90.6 cm³/mol. The Morgan fingerprint density at radius 3 is 2.75 bits per heavy atom. The summed E-state index contributed by atoms with van der Waals surface area (Å²) in [4.78, 5) is 0. The Morgan fingerprint density at radius 2 is 2.08 bits per heavy atom. The Balaban J connectivity index is 1.97. The van der Waals surface area contributed by atoms with Crippen molar-refractivity contribution in [2.45, 2.75) is 38.2 Å². The molecular formula is C17H24FNO4S. The molecule has 0 aromatic heterocycles. The van der Waals surface area contributed by atoms with Gasteiger partial charge in [0, 0.05) is 6.61 Å². The lowest BCUT2D eigenvalue weighted by Gasteiger charge is -2.31. The van der Waals surface area contributed by atoms with E-state index >= 15 is 0 Å². The van der Waals surface area contributed by atoms with Gasteiger partial charge in [-0.15, -0.1) is 0 Å². The van der Waals surface area contributed by atoms with Gasteiger partial charge in [-0.05, 0) is 38.0 Å². The minimum Gasteiger partial charge on any atom is -0.380 e. The van der Waals surface area contributed by atoms with Crippen molar-refractivity contribution in [3.05, 3.63) is 47.3 Å². The second kappa shape index (κ2) is 8.71. The second-order valence-electron chi connectivity index (χ2n) is 6.13. The summed E-state index contributed by atoms with van der Waals surface area (Å²) in [6.45, 7) is 5.24. The van der Waals surface area contributed by atoms with Gasteiger partial charge in [0.15, 0.2) is 0 Å². The fourth-order valence-electron chi connectivity index (χ4n) is 2.44. The molecule has 7 heteroatoms. The Kier molecular flexibility index (Phi) is 6.91. The van der Waals surface area contributed by atoms with Crippen molar-refractivity contribution in [2.24, 2.45) is 0 Å². The summed E-state index contributed by atoms with van der Waals surface area (Å²) in [6.07, 6.45) is 2.37. The molecule has 1 fully saturated rings. The molecular weight excluding hydrogens is 333 g/mol. The molecule has 1 aromatic carbocycles. The van der Waals surface area contributed by atoms with Crippen LogP contribution in [0.1, 0.15) is 25.8 Å². The highest BCUT2D eigenvalue weighted by atomic mass is 32.2. The molecule has 0 aliphatic carbocycles. The van der Waals surface area contributed by atoms with Gasteiger partial charge in [-0.1, -0.05) is 23.8 Å². The number of hydrogen-bond acceptors (Lipinski definition) is 4. The fourth-order valence-corrected chi connectivity index (χ4v) is 3.83. The first kappa shape index (κ1) is 19.1. The minimum atomic E-state index is -3.57. The Labute approximate surface area is 142 Å². The lowest BCUT2D eigenvalue weighted by Crippen LogP contribution is -2.50. The molecule has 0 amide bonds. The average molecular weight is 357 g/mol. The molecule has 2 atom stereocenters. The summed E-state index contributed by atoms with van der Waals surface area (Å²) in [6, 6.07) is 5.01. The van der Waals surface area contributed by atoms with Gasteiger partial charge in [0.25, 0.3) is 0 Å². The van der Waals surface area contributed by atoms with Crippen LogP contribution in [0.2, 0.25) is 0 Å². The van der Waals surface area contributed by atoms with E-state index in [0.29, 0.717) is 25.2 Å². The van der Waals surface area contributed by atoms with Crippen molar-refractivity contribution in [2.75, 3.05) is 19.8 Å². The maximum Gasteiger partial charge on any atom is 0.216 e. The lowest BCUT2D eigenvalue weighted by molar-refractivity contribution is -0.0418. The van der Waals surface area contributed by atoms with Crippen LogP contribution in [0.3, 0.4) is 0 Å². The SMILES string of the molecule is CC(C)=CCO[C@@H]1CCOC[C@@H]1NS(=O)(=O)Cc1ccc(F)cc1. The molecule has 0 radical (unpaired) electrons. The molecule has 1 N–H and O–H groups in total. The van der Waals surface area contributed by atoms with Gasteiger partial charge in [0.1, 0.15) is 5.82 Å².